The third-order valence-electron chi connectivity index (χ3n) is 7.09. The molecule has 4 fully saturated rings. The number of hydrogen-bond acceptors (Lipinski definition) is 4. The summed E-state index contributed by atoms with van der Waals surface area (Å²) >= 11 is 0. The third-order valence-corrected chi connectivity index (χ3v) is 7.09. The van der Waals surface area contributed by atoms with E-state index in [2.05, 4.69) is 17.6 Å². The first-order valence-electron chi connectivity index (χ1n) is 11.5. The van der Waals surface area contributed by atoms with Gasteiger partial charge in [0.15, 0.2) is 0 Å². The Morgan fingerprint density at radius 3 is 1.75 bits per heavy atom. The molecule has 2 saturated carbocycles. The van der Waals surface area contributed by atoms with Crippen molar-refractivity contribution >= 4 is 11.8 Å². The molecule has 28 heavy (non-hydrogen) atoms. The van der Waals surface area contributed by atoms with E-state index in [1.165, 1.54) is 38.5 Å². The van der Waals surface area contributed by atoms with E-state index in [1.807, 2.05) is 0 Å². The lowest BCUT2D eigenvalue weighted by Gasteiger charge is -2.29. The van der Waals surface area contributed by atoms with Gasteiger partial charge in [0.1, 0.15) is 12.2 Å². The van der Waals surface area contributed by atoms with Gasteiger partial charge in [0.2, 0.25) is 11.8 Å². The highest BCUT2D eigenvalue weighted by atomic mass is 16.6. The van der Waals surface area contributed by atoms with Crippen LogP contribution in [0.25, 0.3) is 0 Å². The summed E-state index contributed by atoms with van der Waals surface area (Å²) in [4.78, 5) is 24.8. The lowest BCUT2D eigenvalue weighted by atomic mass is 9.79. The Labute approximate surface area is 168 Å². The number of hydrogen-bond donors (Lipinski definition) is 2. The first kappa shape index (κ1) is 20.1. The van der Waals surface area contributed by atoms with Gasteiger partial charge in [0, 0.05) is 11.8 Å². The lowest BCUT2D eigenvalue weighted by molar-refractivity contribution is -0.127. The number of unbranched alkanes of at least 4 members (excludes halogenated alkanes) is 2. The molecule has 0 bridgehead atoms. The number of ether oxygens (including phenoxy) is 2. The SMILES string of the molecule is CCCCCC1CCC(C(=O)NC2COC3C(NC(=O)C4CC4)COC23)CC1. The Hall–Kier alpha value is -1.14. The Morgan fingerprint density at radius 2 is 1.29 bits per heavy atom. The molecule has 2 heterocycles. The van der Waals surface area contributed by atoms with Gasteiger partial charge in [-0.25, -0.2) is 0 Å². The molecule has 0 radical (unpaired) electrons. The van der Waals surface area contributed by atoms with Crippen molar-refractivity contribution in [3.63, 3.8) is 0 Å². The predicted molar refractivity (Wildman–Crippen MR) is 106 cm³/mol. The van der Waals surface area contributed by atoms with Crippen molar-refractivity contribution in [2.24, 2.45) is 17.8 Å². The molecule has 2 N–H and O–H groups in total. The highest BCUT2D eigenvalue weighted by molar-refractivity contribution is 5.81. The summed E-state index contributed by atoms with van der Waals surface area (Å²) in [7, 11) is 0. The van der Waals surface area contributed by atoms with Crippen LogP contribution in [0.3, 0.4) is 0 Å². The van der Waals surface area contributed by atoms with Crippen molar-refractivity contribution in [3.8, 4) is 0 Å². The van der Waals surface area contributed by atoms with Crippen LogP contribution in [0.4, 0.5) is 0 Å². The van der Waals surface area contributed by atoms with Crippen molar-refractivity contribution in [3.05, 3.63) is 0 Å². The van der Waals surface area contributed by atoms with Crippen LogP contribution in [0.2, 0.25) is 0 Å². The number of carbonyl (C=O) groups excluding carboxylic acids is 2. The fraction of sp³-hybridized carbons (Fsp3) is 0.909. The predicted octanol–water partition coefficient (Wildman–Crippen LogP) is 2.55. The molecule has 2 aliphatic carbocycles. The molecule has 4 atom stereocenters. The summed E-state index contributed by atoms with van der Waals surface area (Å²) in [6.07, 6.45) is 11.3. The van der Waals surface area contributed by atoms with Crippen molar-refractivity contribution in [1.29, 1.82) is 0 Å². The van der Waals surface area contributed by atoms with Crippen LogP contribution in [0.5, 0.6) is 0 Å². The van der Waals surface area contributed by atoms with Gasteiger partial charge >= 0.3 is 0 Å². The quantitative estimate of drug-likeness (QED) is 0.623. The van der Waals surface area contributed by atoms with E-state index in [0.717, 1.165) is 31.6 Å². The Kier molecular flexibility index (Phi) is 6.56. The van der Waals surface area contributed by atoms with E-state index < -0.39 is 0 Å². The smallest absolute Gasteiger partial charge is 0.223 e. The Bertz CT molecular complexity index is 557. The maximum atomic E-state index is 12.8. The molecule has 0 spiro atoms. The number of amides is 2. The first-order valence-corrected chi connectivity index (χ1v) is 11.5. The van der Waals surface area contributed by atoms with E-state index in [-0.39, 0.29) is 47.9 Å². The topological polar surface area (TPSA) is 76.7 Å². The molecule has 4 unspecified atom stereocenters. The second-order valence-corrected chi connectivity index (χ2v) is 9.31. The molecule has 0 aromatic heterocycles. The zero-order valence-electron chi connectivity index (χ0n) is 17.2. The largest absolute Gasteiger partial charge is 0.371 e. The maximum Gasteiger partial charge on any atom is 0.223 e. The minimum absolute atomic E-state index is 0.0847. The standard InChI is InChI=1S/C22H36N2O4/c1-2-3-4-5-14-6-8-15(9-7-14)21(25)23-17-12-27-20-18(13-28-19(17)20)24-22(26)16-10-11-16/h14-20H,2-13H2,1H3,(H,23,25)(H,24,26). The number of nitrogens with one attached hydrogen (secondary N) is 2. The summed E-state index contributed by atoms with van der Waals surface area (Å²) < 4.78 is 11.8. The van der Waals surface area contributed by atoms with E-state index >= 15 is 0 Å². The molecule has 2 amide bonds. The summed E-state index contributed by atoms with van der Waals surface area (Å²) in [5.74, 6) is 1.42. The molecule has 0 aromatic carbocycles. The van der Waals surface area contributed by atoms with Crippen LogP contribution in [-0.2, 0) is 19.1 Å². The monoisotopic (exact) mass is 392 g/mol. The van der Waals surface area contributed by atoms with Gasteiger partial charge in [0.25, 0.3) is 0 Å². The summed E-state index contributed by atoms with van der Waals surface area (Å²) in [6.45, 7) is 3.20. The Morgan fingerprint density at radius 1 is 0.786 bits per heavy atom. The van der Waals surface area contributed by atoms with Gasteiger partial charge < -0.3 is 20.1 Å². The van der Waals surface area contributed by atoms with Crippen molar-refractivity contribution in [1.82, 2.24) is 10.6 Å². The molecule has 2 aliphatic heterocycles. The summed E-state index contributed by atoms with van der Waals surface area (Å²) in [6, 6.07) is -0.179. The second kappa shape index (κ2) is 9.12. The molecule has 158 valence electrons. The lowest BCUT2D eigenvalue weighted by Crippen LogP contribution is -2.48. The van der Waals surface area contributed by atoms with Gasteiger partial charge in [-0.2, -0.15) is 0 Å². The zero-order valence-corrected chi connectivity index (χ0v) is 17.2. The van der Waals surface area contributed by atoms with Crippen LogP contribution >= 0.6 is 0 Å². The van der Waals surface area contributed by atoms with Crippen LogP contribution in [-0.4, -0.2) is 49.3 Å². The normalized spacial score (nSPS) is 37.5. The minimum atomic E-state index is -0.140. The van der Waals surface area contributed by atoms with Gasteiger partial charge in [0.05, 0.1) is 25.3 Å². The molecule has 6 heteroatoms. The zero-order chi connectivity index (χ0) is 19.5. The van der Waals surface area contributed by atoms with Crippen LogP contribution in [0.15, 0.2) is 0 Å². The van der Waals surface area contributed by atoms with Crippen LogP contribution in [0.1, 0.15) is 71.1 Å². The fourth-order valence-electron chi connectivity index (χ4n) is 5.09. The molecular formula is C22H36N2O4. The van der Waals surface area contributed by atoms with E-state index in [9.17, 15) is 9.59 Å². The van der Waals surface area contributed by atoms with Crippen LogP contribution < -0.4 is 10.6 Å². The molecular weight excluding hydrogens is 356 g/mol. The van der Waals surface area contributed by atoms with E-state index in [4.69, 9.17) is 9.47 Å². The van der Waals surface area contributed by atoms with Crippen molar-refractivity contribution in [2.45, 2.75) is 95.4 Å². The fourth-order valence-corrected chi connectivity index (χ4v) is 5.09. The summed E-state index contributed by atoms with van der Waals surface area (Å²) in [5, 5.41) is 6.27. The number of fused-ring (bicyclic) bond motifs is 1. The molecule has 4 aliphatic rings. The average Bonchev–Trinajstić information content (AvgIpc) is 3.38. The maximum absolute atomic E-state index is 12.8. The molecule has 6 nitrogen and oxygen atoms in total. The molecule has 0 aromatic rings. The van der Waals surface area contributed by atoms with Gasteiger partial charge in [-0.05, 0) is 44.4 Å². The third kappa shape index (κ3) is 4.70. The number of carbonyl (C=O) groups is 2. The first-order chi connectivity index (χ1) is 13.7. The van der Waals surface area contributed by atoms with Gasteiger partial charge in [-0.3, -0.25) is 9.59 Å². The highest BCUT2D eigenvalue weighted by Gasteiger charge is 2.49. The number of rotatable bonds is 8. The van der Waals surface area contributed by atoms with Crippen molar-refractivity contribution < 1.29 is 19.1 Å². The minimum Gasteiger partial charge on any atom is -0.371 e. The van der Waals surface area contributed by atoms with Gasteiger partial charge in [-0.1, -0.05) is 32.6 Å². The molecule has 4 rings (SSSR count). The van der Waals surface area contributed by atoms with Crippen molar-refractivity contribution in [2.75, 3.05) is 13.2 Å². The highest BCUT2D eigenvalue weighted by Crippen LogP contribution is 2.34. The van der Waals surface area contributed by atoms with E-state index in [1.54, 1.807) is 0 Å². The van der Waals surface area contributed by atoms with Crippen LogP contribution in [0, 0.1) is 17.8 Å². The summed E-state index contributed by atoms with van der Waals surface area (Å²) in [5.41, 5.74) is 0. The van der Waals surface area contributed by atoms with Gasteiger partial charge in [-0.15, -0.1) is 0 Å². The Balaban J connectivity index is 1.20. The average molecular weight is 393 g/mol. The second-order valence-electron chi connectivity index (χ2n) is 9.31. The van der Waals surface area contributed by atoms with E-state index in [0.29, 0.717) is 13.2 Å². The molecule has 2 saturated heterocycles.